The zero-order valence-electron chi connectivity index (χ0n) is 12.8. The van der Waals surface area contributed by atoms with Crippen LogP contribution in [0.4, 0.5) is 0 Å². The Morgan fingerprint density at radius 2 is 1.70 bits per heavy atom. The minimum Gasteiger partial charge on any atom is -0.0991 e. The number of hydrogen-bond donors (Lipinski definition) is 0. The van der Waals surface area contributed by atoms with Gasteiger partial charge in [0.2, 0.25) is 0 Å². The molecule has 0 saturated heterocycles. The largest absolute Gasteiger partial charge is 0.0991 e. The normalized spacial score (nSPS) is 15.9. The minimum absolute atomic E-state index is 0.224. The summed E-state index contributed by atoms with van der Waals surface area (Å²) < 4.78 is 0. The van der Waals surface area contributed by atoms with E-state index >= 15 is 0 Å². The Morgan fingerprint density at radius 1 is 1.05 bits per heavy atom. The Balaban J connectivity index is 3.60. The molecule has 1 unspecified atom stereocenters. The van der Waals surface area contributed by atoms with Crippen molar-refractivity contribution in [2.75, 3.05) is 0 Å². The average molecular weight is 264 g/mol. The Hall–Kier alpha value is -2.08. The molecule has 1 rings (SSSR count). The summed E-state index contributed by atoms with van der Waals surface area (Å²) in [6.45, 7) is 14.2. The average Bonchev–Trinajstić information content (AvgIpc) is 2.50. The topological polar surface area (TPSA) is 0 Å². The van der Waals surface area contributed by atoms with Crippen molar-refractivity contribution in [2.24, 2.45) is 0 Å². The van der Waals surface area contributed by atoms with Crippen LogP contribution in [0.15, 0.2) is 91.1 Å². The van der Waals surface area contributed by atoms with E-state index in [0.29, 0.717) is 0 Å². The molecular weight excluding hydrogens is 240 g/mol. The van der Waals surface area contributed by atoms with Gasteiger partial charge in [0.25, 0.3) is 0 Å². The Morgan fingerprint density at radius 3 is 2.15 bits per heavy atom. The van der Waals surface area contributed by atoms with Crippen LogP contribution in [-0.2, 0) is 5.41 Å². The molecule has 0 aromatic heterocycles. The van der Waals surface area contributed by atoms with Crippen molar-refractivity contribution in [1.82, 2.24) is 0 Å². The highest BCUT2D eigenvalue weighted by atomic mass is 14.3. The van der Waals surface area contributed by atoms with E-state index in [4.69, 9.17) is 0 Å². The fourth-order valence-corrected chi connectivity index (χ4v) is 2.57. The highest BCUT2D eigenvalue weighted by Gasteiger charge is 2.31. The van der Waals surface area contributed by atoms with Gasteiger partial charge in [0, 0.05) is 5.41 Å². The summed E-state index contributed by atoms with van der Waals surface area (Å²) in [7, 11) is 0. The van der Waals surface area contributed by atoms with Crippen molar-refractivity contribution < 1.29 is 0 Å². The van der Waals surface area contributed by atoms with Crippen LogP contribution in [0, 0.1) is 0 Å². The molecule has 0 radical (unpaired) electrons. The lowest BCUT2D eigenvalue weighted by Gasteiger charge is -2.33. The van der Waals surface area contributed by atoms with Gasteiger partial charge >= 0.3 is 0 Å². The van der Waals surface area contributed by atoms with Gasteiger partial charge < -0.3 is 0 Å². The smallest absolute Gasteiger partial charge is 0.0419 e. The minimum atomic E-state index is -0.224. The molecule has 104 valence electrons. The van der Waals surface area contributed by atoms with E-state index in [0.717, 1.165) is 5.57 Å². The predicted octanol–water partition coefficient (Wildman–Crippen LogP) is 5.77. The van der Waals surface area contributed by atoms with E-state index < -0.39 is 0 Å². The molecule has 0 heteroatoms. The maximum absolute atomic E-state index is 3.98. The molecule has 0 saturated carbocycles. The van der Waals surface area contributed by atoms with Crippen LogP contribution < -0.4 is 0 Å². The van der Waals surface area contributed by atoms with Crippen LogP contribution >= 0.6 is 0 Å². The maximum Gasteiger partial charge on any atom is 0.0419 e. The first-order valence-corrected chi connectivity index (χ1v) is 6.95. The maximum atomic E-state index is 3.98. The van der Waals surface area contributed by atoms with Crippen LogP contribution in [0.3, 0.4) is 0 Å². The molecule has 0 spiro atoms. The summed E-state index contributed by atoms with van der Waals surface area (Å²) in [5, 5.41) is 0. The van der Waals surface area contributed by atoms with Crippen molar-refractivity contribution in [3.63, 3.8) is 0 Å². The molecule has 0 nitrogen and oxygen atoms in total. The third-order valence-corrected chi connectivity index (χ3v) is 3.68. The molecule has 0 N–H and O–H groups in total. The van der Waals surface area contributed by atoms with E-state index in [1.54, 1.807) is 0 Å². The first kappa shape index (κ1) is 16.0. The molecule has 0 heterocycles. The first-order valence-electron chi connectivity index (χ1n) is 6.95. The fraction of sp³-hybridized carbons (Fsp3) is 0.200. The Labute approximate surface area is 123 Å². The van der Waals surface area contributed by atoms with E-state index in [9.17, 15) is 0 Å². The van der Waals surface area contributed by atoms with Gasteiger partial charge in [-0.1, -0.05) is 79.9 Å². The summed E-state index contributed by atoms with van der Waals surface area (Å²) in [6, 6.07) is 10.5. The molecule has 20 heavy (non-hydrogen) atoms. The first-order chi connectivity index (χ1) is 9.64. The van der Waals surface area contributed by atoms with Crippen LogP contribution in [0.5, 0.6) is 0 Å². The summed E-state index contributed by atoms with van der Waals surface area (Å²) >= 11 is 0. The summed E-state index contributed by atoms with van der Waals surface area (Å²) in [5.74, 6) is 0. The molecule has 1 aromatic rings. The van der Waals surface area contributed by atoms with Crippen molar-refractivity contribution in [3.05, 3.63) is 96.7 Å². The zero-order chi connectivity index (χ0) is 15.0. The van der Waals surface area contributed by atoms with Gasteiger partial charge in [0.15, 0.2) is 0 Å². The van der Waals surface area contributed by atoms with Crippen molar-refractivity contribution >= 4 is 0 Å². The van der Waals surface area contributed by atoms with Gasteiger partial charge in [-0.05, 0) is 37.5 Å². The highest BCUT2D eigenvalue weighted by molar-refractivity contribution is 5.53. The molecule has 0 bridgehead atoms. The lowest BCUT2D eigenvalue weighted by molar-refractivity contribution is 0.688. The van der Waals surface area contributed by atoms with E-state index in [2.05, 4.69) is 69.5 Å². The number of rotatable bonds is 6. The van der Waals surface area contributed by atoms with E-state index in [1.807, 2.05) is 31.2 Å². The summed E-state index contributed by atoms with van der Waals surface area (Å²) in [6.07, 6.45) is 12.2. The zero-order valence-corrected chi connectivity index (χ0v) is 12.8. The van der Waals surface area contributed by atoms with Crippen molar-refractivity contribution in [3.8, 4) is 0 Å². The van der Waals surface area contributed by atoms with E-state index in [-0.39, 0.29) is 5.41 Å². The van der Waals surface area contributed by atoms with Gasteiger partial charge in [-0.15, -0.1) is 0 Å². The van der Waals surface area contributed by atoms with Gasteiger partial charge in [-0.25, -0.2) is 0 Å². The Bertz CT molecular complexity index is 541. The second-order valence-corrected chi connectivity index (χ2v) is 4.80. The highest BCUT2D eigenvalue weighted by Crippen LogP contribution is 2.40. The number of benzene rings is 1. The third kappa shape index (κ3) is 3.08. The molecule has 0 aliphatic heterocycles. The summed E-state index contributed by atoms with van der Waals surface area (Å²) in [4.78, 5) is 0. The lowest BCUT2D eigenvalue weighted by atomic mass is 9.69. The molecule has 0 amide bonds. The quantitative estimate of drug-likeness (QED) is 0.572. The fourth-order valence-electron chi connectivity index (χ4n) is 2.57. The number of allylic oxidation sites excluding steroid dienone is 8. The lowest BCUT2D eigenvalue weighted by Crippen LogP contribution is -2.26. The van der Waals surface area contributed by atoms with Crippen molar-refractivity contribution in [2.45, 2.75) is 26.2 Å². The van der Waals surface area contributed by atoms with Crippen LogP contribution in [0.25, 0.3) is 0 Å². The SMILES string of the molecule is C=C/C=C(\C=C)C(C)(C(/C=C\C)=C/C)c1ccccc1. The van der Waals surface area contributed by atoms with E-state index in [1.165, 1.54) is 11.1 Å². The second kappa shape index (κ2) is 7.49. The molecule has 1 atom stereocenters. The molecule has 1 aromatic carbocycles. The molecule has 0 aliphatic rings. The Kier molecular flexibility index (Phi) is 5.99. The van der Waals surface area contributed by atoms with Crippen LogP contribution in [0.2, 0.25) is 0 Å². The second-order valence-electron chi connectivity index (χ2n) is 4.80. The van der Waals surface area contributed by atoms with Gasteiger partial charge in [0.05, 0.1) is 0 Å². The van der Waals surface area contributed by atoms with Crippen LogP contribution in [0.1, 0.15) is 26.3 Å². The molecule has 0 aliphatic carbocycles. The van der Waals surface area contributed by atoms with Gasteiger partial charge in [0.1, 0.15) is 0 Å². The standard InChI is InChI=1S/C20H24/c1-6-13-17(8-3)20(5,18(9-4)14-7-2)19-15-11-10-12-16-19/h6-16H,1,3H2,2,4-5H3/b14-7-,17-13+,18-9+. The van der Waals surface area contributed by atoms with Gasteiger partial charge in [-0.2, -0.15) is 0 Å². The van der Waals surface area contributed by atoms with Crippen LogP contribution in [-0.4, -0.2) is 0 Å². The molecule has 0 fully saturated rings. The predicted molar refractivity (Wildman–Crippen MR) is 90.8 cm³/mol. The third-order valence-electron chi connectivity index (χ3n) is 3.68. The van der Waals surface area contributed by atoms with Gasteiger partial charge in [-0.3, -0.25) is 0 Å². The molecular formula is C20H24. The number of hydrogen-bond acceptors (Lipinski definition) is 0. The van der Waals surface area contributed by atoms with Crippen molar-refractivity contribution in [1.29, 1.82) is 0 Å². The summed E-state index contributed by atoms with van der Waals surface area (Å²) in [5.41, 5.74) is 3.42. The monoisotopic (exact) mass is 264 g/mol.